The molecule has 9 heteroatoms. The molecule has 3 rings (SSSR count). The number of pyridine rings is 1. The molecule has 0 aliphatic carbocycles. The number of ether oxygens (including phenoxy) is 1. The first kappa shape index (κ1) is 20.9. The van der Waals surface area contributed by atoms with Crippen LogP contribution in [0.4, 0.5) is 11.4 Å². The van der Waals surface area contributed by atoms with Gasteiger partial charge in [0.15, 0.2) is 6.61 Å². The Kier molecular flexibility index (Phi) is 6.93. The molecule has 29 heavy (non-hydrogen) atoms. The van der Waals surface area contributed by atoms with Gasteiger partial charge in [0.25, 0.3) is 11.8 Å². The summed E-state index contributed by atoms with van der Waals surface area (Å²) in [5.41, 5.74) is 1.45. The first-order valence-corrected chi connectivity index (χ1v) is 9.44. The second kappa shape index (κ2) is 9.60. The molecule has 0 saturated carbocycles. The summed E-state index contributed by atoms with van der Waals surface area (Å²) in [6, 6.07) is 12.7. The lowest BCUT2D eigenvalue weighted by atomic mass is 10.2. The molecular formula is C20H14Cl3N3O3. The normalized spacial score (nSPS) is 10.3. The number of halogens is 3. The summed E-state index contributed by atoms with van der Waals surface area (Å²) >= 11 is 17.8. The van der Waals surface area contributed by atoms with Crippen molar-refractivity contribution in [1.82, 2.24) is 4.98 Å². The number of carbonyl (C=O) groups is 2. The minimum Gasteiger partial charge on any atom is -0.482 e. The molecule has 0 fully saturated rings. The van der Waals surface area contributed by atoms with Gasteiger partial charge in [-0.2, -0.15) is 0 Å². The number of aromatic nitrogens is 1. The van der Waals surface area contributed by atoms with Gasteiger partial charge in [-0.05, 0) is 36.4 Å². The number of amides is 2. The number of nitrogens with zero attached hydrogens (tertiary/aromatic N) is 1. The zero-order chi connectivity index (χ0) is 20.8. The third-order valence-corrected chi connectivity index (χ3v) is 4.70. The van der Waals surface area contributed by atoms with E-state index in [9.17, 15) is 9.59 Å². The first-order chi connectivity index (χ1) is 13.9. The van der Waals surface area contributed by atoms with Crippen LogP contribution in [0.15, 0.2) is 60.9 Å². The summed E-state index contributed by atoms with van der Waals surface area (Å²) in [6.07, 6.45) is 3.15. The number of rotatable bonds is 6. The lowest BCUT2D eigenvalue weighted by molar-refractivity contribution is -0.118. The van der Waals surface area contributed by atoms with E-state index in [1.807, 2.05) is 0 Å². The topological polar surface area (TPSA) is 80.3 Å². The molecule has 0 aliphatic rings. The van der Waals surface area contributed by atoms with Crippen molar-refractivity contribution in [2.24, 2.45) is 0 Å². The van der Waals surface area contributed by atoms with Crippen LogP contribution >= 0.6 is 34.8 Å². The number of hydrogen-bond donors (Lipinski definition) is 2. The van der Waals surface area contributed by atoms with Crippen LogP contribution in [0.2, 0.25) is 15.1 Å². The van der Waals surface area contributed by atoms with Crippen LogP contribution in [0.3, 0.4) is 0 Å². The maximum atomic E-state index is 12.4. The Bertz CT molecular complexity index is 1050. The van der Waals surface area contributed by atoms with Crippen molar-refractivity contribution in [2.45, 2.75) is 0 Å². The highest BCUT2D eigenvalue weighted by Crippen LogP contribution is 2.33. The van der Waals surface area contributed by atoms with Crippen molar-refractivity contribution in [3.8, 4) is 5.75 Å². The molecule has 148 valence electrons. The van der Waals surface area contributed by atoms with Crippen LogP contribution in [0.5, 0.6) is 5.75 Å². The highest BCUT2D eigenvalue weighted by atomic mass is 35.5. The summed E-state index contributed by atoms with van der Waals surface area (Å²) in [5, 5.41) is 6.20. The average Bonchev–Trinajstić information content (AvgIpc) is 2.70. The second-order valence-electron chi connectivity index (χ2n) is 5.80. The minimum absolute atomic E-state index is 0.238. The van der Waals surface area contributed by atoms with Crippen molar-refractivity contribution in [3.05, 3.63) is 81.6 Å². The molecule has 0 saturated heterocycles. The number of carbonyl (C=O) groups excluding carboxylic acids is 2. The Morgan fingerprint density at radius 1 is 0.862 bits per heavy atom. The predicted octanol–water partition coefficient (Wildman–Crippen LogP) is 5.31. The van der Waals surface area contributed by atoms with Gasteiger partial charge in [0.2, 0.25) is 0 Å². The minimum atomic E-state index is -0.432. The molecular weight excluding hydrogens is 437 g/mol. The van der Waals surface area contributed by atoms with E-state index in [2.05, 4.69) is 15.6 Å². The maximum Gasteiger partial charge on any atom is 0.262 e. The zero-order valence-electron chi connectivity index (χ0n) is 14.8. The van der Waals surface area contributed by atoms with Crippen molar-refractivity contribution in [2.75, 3.05) is 17.2 Å². The zero-order valence-corrected chi connectivity index (χ0v) is 17.1. The highest BCUT2D eigenvalue weighted by Gasteiger charge is 2.11. The van der Waals surface area contributed by atoms with Gasteiger partial charge in [0.1, 0.15) is 5.75 Å². The van der Waals surface area contributed by atoms with Gasteiger partial charge in [-0.3, -0.25) is 14.6 Å². The lowest BCUT2D eigenvalue weighted by Crippen LogP contribution is -2.20. The van der Waals surface area contributed by atoms with Crippen LogP contribution in [-0.4, -0.2) is 23.4 Å². The van der Waals surface area contributed by atoms with Crippen LogP contribution in [0, 0.1) is 0 Å². The van der Waals surface area contributed by atoms with Crippen LogP contribution in [-0.2, 0) is 4.79 Å². The van der Waals surface area contributed by atoms with Crippen LogP contribution in [0.25, 0.3) is 0 Å². The predicted molar refractivity (Wildman–Crippen MR) is 114 cm³/mol. The van der Waals surface area contributed by atoms with Crippen molar-refractivity contribution in [1.29, 1.82) is 0 Å². The lowest BCUT2D eigenvalue weighted by Gasteiger charge is -2.11. The van der Waals surface area contributed by atoms with Gasteiger partial charge in [-0.1, -0.05) is 40.9 Å². The number of nitrogens with one attached hydrogen (secondary N) is 2. The van der Waals surface area contributed by atoms with E-state index in [0.717, 1.165) is 0 Å². The molecule has 0 bridgehead atoms. The van der Waals surface area contributed by atoms with Crippen molar-refractivity contribution < 1.29 is 14.3 Å². The molecule has 0 atom stereocenters. The Labute approximate surface area is 181 Å². The van der Waals surface area contributed by atoms with Gasteiger partial charge in [0, 0.05) is 35.4 Å². The fraction of sp³-hybridized carbons (Fsp3) is 0.0500. The Hall–Kier alpha value is -2.80. The van der Waals surface area contributed by atoms with Gasteiger partial charge in [-0.25, -0.2) is 0 Å². The van der Waals surface area contributed by atoms with Gasteiger partial charge >= 0.3 is 0 Å². The summed E-state index contributed by atoms with van der Waals surface area (Å²) in [7, 11) is 0. The van der Waals surface area contributed by atoms with Crippen molar-refractivity contribution >= 4 is 58.0 Å². The molecule has 0 spiro atoms. The Morgan fingerprint density at radius 2 is 1.59 bits per heavy atom. The average molecular weight is 451 g/mol. The van der Waals surface area contributed by atoms with E-state index in [4.69, 9.17) is 39.5 Å². The summed E-state index contributed by atoms with van der Waals surface area (Å²) in [6.45, 7) is -0.300. The molecule has 0 unspecified atom stereocenters. The van der Waals surface area contributed by atoms with Gasteiger partial charge < -0.3 is 15.4 Å². The molecule has 1 heterocycles. The molecule has 2 aromatic carbocycles. The third kappa shape index (κ3) is 5.84. The van der Waals surface area contributed by atoms with Gasteiger partial charge in [0.05, 0.1) is 15.1 Å². The smallest absolute Gasteiger partial charge is 0.262 e. The summed E-state index contributed by atoms with van der Waals surface area (Å²) < 4.78 is 5.39. The van der Waals surface area contributed by atoms with E-state index in [1.54, 1.807) is 48.8 Å². The van der Waals surface area contributed by atoms with E-state index >= 15 is 0 Å². The molecule has 2 amide bonds. The monoisotopic (exact) mass is 449 g/mol. The Balaban J connectivity index is 1.60. The van der Waals surface area contributed by atoms with E-state index in [-0.39, 0.29) is 33.3 Å². The first-order valence-electron chi connectivity index (χ1n) is 8.31. The van der Waals surface area contributed by atoms with Crippen LogP contribution in [0.1, 0.15) is 10.4 Å². The number of hydrogen-bond acceptors (Lipinski definition) is 4. The van der Waals surface area contributed by atoms with E-state index in [0.29, 0.717) is 16.9 Å². The van der Waals surface area contributed by atoms with Gasteiger partial charge in [-0.15, -0.1) is 0 Å². The van der Waals surface area contributed by atoms with Crippen LogP contribution < -0.4 is 15.4 Å². The molecule has 0 aliphatic heterocycles. The number of benzene rings is 2. The molecule has 1 aromatic heterocycles. The van der Waals surface area contributed by atoms with E-state index in [1.165, 1.54) is 12.1 Å². The molecule has 3 aromatic rings. The molecule has 0 radical (unpaired) electrons. The van der Waals surface area contributed by atoms with Crippen molar-refractivity contribution in [3.63, 3.8) is 0 Å². The van der Waals surface area contributed by atoms with E-state index < -0.39 is 5.91 Å². The number of anilines is 2. The highest BCUT2D eigenvalue weighted by molar-refractivity contribution is 6.43. The maximum absolute atomic E-state index is 12.4. The fourth-order valence-corrected chi connectivity index (χ4v) is 2.92. The standard InChI is InChI=1S/C20H14Cl3N3O3/c21-15-9-17(23)18(10-16(15)22)29-11-19(27)25-14-3-1-2-12(8-14)20(28)26-13-4-6-24-7-5-13/h1-10H,11H2,(H,25,27)(H,24,26,28). The quantitative estimate of drug-likeness (QED) is 0.499. The second-order valence-corrected chi connectivity index (χ2v) is 7.03. The summed E-state index contributed by atoms with van der Waals surface area (Å²) in [4.78, 5) is 28.4. The molecule has 2 N–H and O–H groups in total. The Morgan fingerprint density at radius 3 is 2.34 bits per heavy atom. The summed E-state index contributed by atoms with van der Waals surface area (Å²) in [5.74, 6) is -0.508. The SMILES string of the molecule is O=C(COc1cc(Cl)c(Cl)cc1Cl)Nc1cccc(C(=O)Nc2ccncc2)c1. The molecule has 6 nitrogen and oxygen atoms in total. The fourth-order valence-electron chi connectivity index (χ4n) is 2.33. The largest absolute Gasteiger partial charge is 0.482 e. The third-order valence-electron chi connectivity index (χ3n) is 3.68.